The van der Waals surface area contributed by atoms with Gasteiger partial charge in [0.05, 0.1) is 23.8 Å². The summed E-state index contributed by atoms with van der Waals surface area (Å²) in [6.45, 7) is 1.39. The smallest absolute Gasteiger partial charge is 0.244 e. The van der Waals surface area contributed by atoms with Crippen LogP contribution in [0.15, 0.2) is 54.6 Å². The number of rotatable bonds is 4. The van der Waals surface area contributed by atoms with Crippen LogP contribution >= 0.6 is 0 Å². The Morgan fingerprint density at radius 2 is 1.80 bits per heavy atom. The molecule has 2 aromatic rings. The summed E-state index contributed by atoms with van der Waals surface area (Å²) in [5.74, 6) is -0.661. The number of fused-ring (bicyclic) bond motifs is 1. The summed E-state index contributed by atoms with van der Waals surface area (Å²) in [5.41, 5.74) is 2.13. The second-order valence-electron chi connectivity index (χ2n) is 5.91. The molecule has 0 spiro atoms. The van der Waals surface area contributed by atoms with Crippen LogP contribution < -0.4 is 15.5 Å². The maximum absolute atomic E-state index is 12.9. The molecule has 0 radical (unpaired) electrons. The highest BCUT2D eigenvalue weighted by atomic mass is 16.2. The Bertz CT molecular complexity index is 805. The largest absolute Gasteiger partial charge is 0.349 e. The van der Waals surface area contributed by atoms with Gasteiger partial charge in [0.1, 0.15) is 6.54 Å². The summed E-state index contributed by atoms with van der Waals surface area (Å²) in [7, 11) is 0. The molecule has 3 amide bonds. The lowest BCUT2D eigenvalue weighted by molar-refractivity contribution is -0.123. The van der Waals surface area contributed by atoms with Crippen molar-refractivity contribution in [3.63, 3.8) is 0 Å². The summed E-state index contributed by atoms with van der Waals surface area (Å²) in [4.78, 5) is 37.8. The number of hydrogen-bond acceptors (Lipinski definition) is 3. The van der Waals surface area contributed by atoms with E-state index in [1.165, 1.54) is 11.8 Å². The van der Waals surface area contributed by atoms with Gasteiger partial charge in [0.25, 0.3) is 0 Å². The fourth-order valence-electron chi connectivity index (χ4n) is 2.92. The van der Waals surface area contributed by atoms with E-state index in [9.17, 15) is 14.4 Å². The lowest BCUT2D eigenvalue weighted by atomic mass is 10.0. The molecule has 128 valence electrons. The highest BCUT2D eigenvalue weighted by molar-refractivity contribution is 6.10. The number of benzene rings is 2. The maximum Gasteiger partial charge on any atom is 0.244 e. The number of amides is 3. The van der Waals surface area contributed by atoms with Crippen LogP contribution in [0.3, 0.4) is 0 Å². The van der Waals surface area contributed by atoms with Gasteiger partial charge in [0.2, 0.25) is 17.7 Å². The third-order valence-electron chi connectivity index (χ3n) is 4.03. The molecule has 0 unspecified atom stereocenters. The number of nitrogens with zero attached hydrogens (tertiary/aromatic N) is 1. The summed E-state index contributed by atoms with van der Waals surface area (Å²) >= 11 is 0. The minimum atomic E-state index is -0.441. The molecule has 0 saturated heterocycles. The van der Waals surface area contributed by atoms with Gasteiger partial charge in [0, 0.05) is 6.92 Å². The van der Waals surface area contributed by atoms with Gasteiger partial charge in [-0.25, -0.2) is 0 Å². The predicted octanol–water partition coefficient (Wildman–Crippen LogP) is 2.24. The van der Waals surface area contributed by atoms with Crippen molar-refractivity contribution in [2.75, 3.05) is 16.8 Å². The van der Waals surface area contributed by atoms with Gasteiger partial charge in [-0.15, -0.1) is 0 Å². The molecule has 0 aliphatic carbocycles. The second kappa shape index (κ2) is 7.17. The van der Waals surface area contributed by atoms with Gasteiger partial charge >= 0.3 is 0 Å². The Morgan fingerprint density at radius 1 is 1.12 bits per heavy atom. The first kappa shape index (κ1) is 16.7. The monoisotopic (exact) mass is 337 g/mol. The van der Waals surface area contributed by atoms with Crippen LogP contribution in [0.4, 0.5) is 11.4 Å². The SMILES string of the molecule is CC(=O)N[C@H](CC(=O)N1CC(=O)Nc2ccccc21)c1ccccc1. The number of nitrogens with one attached hydrogen (secondary N) is 2. The number of carbonyl (C=O) groups is 3. The van der Waals surface area contributed by atoms with Gasteiger partial charge in [0.15, 0.2) is 0 Å². The van der Waals surface area contributed by atoms with Crippen LogP contribution in [-0.2, 0) is 14.4 Å². The molecule has 6 nitrogen and oxygen atoms in total. The normalized spacial score (nSPS) is 14.3. The van der Waals surface area contributed by atoms with E-state index in [2.05, 4.69) is 10.6 Å². The molecule has 0 fully saturated rings. The van der Waals surface area contributed by atoms with Crippen molar-refractivity contribution in [1.82, 2.24) is 5.32 Å². The fourth-order valence-corrected chi connectivity index (χ4v) is 2.92. The minimum absolute atomic E-state index is 0.0303. The Labute approximate surface area is 145 Å². The first-order valence-electron chi connectivity index (χ1n) is 8.06. The molecular weight excluding hydrogens is 318 g/mol. The van der Waals surface area contributed by atoms with Crippen molar-refractivity contribution >= 4 is 29.1 Å². The quantitative estimate of drug-likeness (QED) is 0.898. The molecule has 0 bridgehead atoms. The highest BCUT2D eigenvalue weighted by Crippen LogP contribution is 2.30. The summed E-state index contributed by atoms with van der Waals surface area (Å²) in [6.07, 6.45) is 0.0746. The molecule has 3 rings (SSSR count). The Kier molecular flexibility index (Phi) is 4.79. The first-order chi connectivity index (χ1) is 12.0. The molecule has 1 atom stereocenters. The van der Waals surface area contributed by atoms with E-state index in [-0.39, 0.29) is 30.7 Å². The topological polar surface area (TPSA) is 78.5 Å². The first-order valence-corrected chi connectivity index (χ1v) is 8.06. The van der Waals surface area contributed by atoms with E-state index in [1.54, 1.807) is 18.2 Å². The van der Waals surface area contributed by atoms with Crippen molar-refractivity contribution in [3.05, 3.63) is 60.2 Å². The van der Waals surface area contributed by atoms with E-state index in [0.717, 1.165) is 5.56 Å². The van der Waals surface area contributed by atoms with Crippen LogP contribution in [0.2, 0.25) is 0 Å². The summed E-state index contributed by atoms with van der Waals surface area (Å²) in [6, 6.07) is 16.1. The van der Waals surface area contributed by atoms with E-state index >= 15 is 0 Å². The molecule has 1 aliphatic rings. The van der Waals surface area contributed by atoms with Crippen molar-refractivity contribution in [2.24, 2.45) is 0 Å². The summed E-state index contributed by atoms with van der Waals surface area (Å²) in [5, 5.41) is 5.57. The molecule has 25 heavy (non-hydrogen) atoms. The molecule has 1 heterocycles. The third-order valence-corrected chi connectivity index (χ3v) is 4.03. The van der Waals surface area contributed by atoms with Crippen LogP contribution in [0.1, 0.15) is 24.9 Å². The molecule has 0 aromatic heterocycles. The number of hydrogen-bond donors (Lipinski definition) is 2. The second-order valence-corrected chi connectivity index (χ2v) is 5.91. The van der Waals surface area contributed by atoms with Crippen LogP contribution in [0.5, 0.6) is 0 Å². The Balaban J connectivity index is 1.84. The zero-order chi connectivity index (χ0) is 17.8. The fraction of sp³-hybridized carbons (Fsp3) is 0.211. The molecule has 6 heteroatoms. The lowest BCUT2D eigenvalue weighted by Gasteiger charge is -2.30. The van der Waals surface area contributed by atoms with Crippen molar-refractivity contribution in [3.8, 4) is 0 Å². The lowest BCUT2D eigenvalue weighted by Crippen LogP contribution is -2.43. The van der Waals surface area contributed by atoms with Gasteiger partial charge < -0.3 is 15.5 Å². The Morgan fingerprint density at radius 3 is 2.52 bits per heavy atom. The number of carbonyl (C=O) groups excluding carboxylic acids is 3. The van der Waals surface area contributed by atoms with Crippen molar-refractivity contribution in [1.29, 1.82) is 0 Å². The zero-order valence-electron chi connectivity index (χ0n) is 13.9. The van der Waals surface area contributed by atoms with Gasteiger partial charge in [-0.1, -0.05) is 42.5 Å². The van der Waals surface area contributed by atoms with Gasteiger partial charge in [-0.2, -0.15) is 0 Å². The maximum atomic E-state index is 12.9. The van der Waals surface area contributed by atoms with E-state index in [1.807, 2.05) is 36.4 Å². The molecule has 0 saturated carbocycles. The highest BCUT2D eigenvalue weighted by Gasteiger charge is 2.28. The van der Waals surface area contributed by atoms with Gasteiger partial charge in [-0.3, -0.25) is 14.4 Å². The molecule has 2 N–H and O–H groups in total. The minimum Gasteiger partial charge on any atom is -0.349 e. The standard InChI is InChI=1S/C19H19N3O3/c1-13(23)20-16(14-7-3-2-4-8-14)11-19(25)22-12-18(24)21-15-9-5-6-10-17(15)22/h2-10,16H,11-12H2,1H3,(H,20,23)(H,21,24)/t16-/m1/s1. The predicted molar refractivity (Wildman–Crippen MR) is 95.0 cm³/mol. The Hall–Kier alpha value is -3.15. The molecule has 2 aromatic carbocycles. The third kappa shape index (κ3) is 3.85. The van der Waals surface area contributed by atoms with Crippen molar-refractivity contribution < 1.29 is 14.4 Å². The number of anilines is 2. The van der Waals surface area contributed by atoms with Crippen LogP contribution in [0, 0.1) is 0 Å². The molecule has 1 aliphatic heterocycles. The van der Waals surface area contributed by atoms with Crippen LogP contribution in [-0.4, -0.2) is 24.3 Å². The van der Waals surface area contributed by atoms with E-state index in [4.69, 9.17) is 0 Å². The van der Waals surface area contributed by atoms with Crippen molar-refractivity contribution in [2.45, 2.75) is 19.4 Å². The average molecular weight is 337 g/mol. The van der Waals surface area contributed by atoms with Crippen LogP contribution in [0.25, 0.3) is 0 Å². The number of para-hydroxylation sites is 2. The van der Waals surface area contributed by atoms with E-state index < -0.39 is 6.04 Å². The zero-order valence-corrected chi connectivity index (χ0v) is 13.9. The van der Waals surface area contributed by atoms with E-state index in [0.29, 0.717) is 11.4 Å². The van der Waals surface area contributed by atoms with Gasteiger partial charge in [-0.05, 0) is 17.7 Å². The molecular formula is C19H19N3O3. The average Bonchev–Trinajstić information content (AvgIpc) is 2.60. The summed E-state index contributed by atoms with van der Waals surface area (Å²) < 4.78 is 0.